The number of nitrogens with one attached hydrogen (secondary N) is 1. The lowest BCUT2D eigenvalue weighted by Crippen LogP contribution is -2.49. The number of aryl methyl sites for hydroxylation is 1. The van der Waals surface area contributed by atoms with Crippen LogP contribution in [0.1, 0.15) is 60.4 Å². The average molecular weight is 616 g/mol. The molecule has 0 unspecified atom stereocenters. The van der Waals surface area contributed by atoms with Gasteiger partial charge in [0.2, 0.25) is 11.8 Å². The highest BCUT2D eigenvalue weighted by atomic mass is 79.9. The van der Waals surface area contributed by atoms with Gasteiger partial charge in [-0.2, -0.15) is 0 Å². The quantitative estimate of drug-likeness (QED) is 0.284. The third-order valence-electron chi connectivity index (χ3n) is 8.70. The highest BCUT2D eigenvalue weighted by molar-refractivity contribution is 9.10. The van der Waals surface area contributed by atoms with Crippen LogP contribution in [0, 0.1) is 17.8 Å². The predicted octanol–water partition coefficient (Wildman–Crippen LogP) is 5.41. The van der Waals surface area contributed by atoms with Gasteiger partial charge in [0.1, 0.15) is 6.04 Å². The molecule has 7 rings (SSSR count). The zero-order valence-corrected chi connectivity index (χ0v) is 24.7. The molecule has 0 spiro atoms. The number of likely N-dealkylation sites (tertiary alicyclic amines) is 1. The number of hydrogen-bond acceptors (Lipinski definition) is 5. The van der Waals surface area contributed by atoms with Crippen LogP contribution in [0.25, 0.3) is 0 Å². The Hall–Kier alpha value is -3.78. The number of benzene rings is 3. The number of imide groups is 1. The molecule has 3 atom stereocenters. The smallest absolute Gasteiger partial charge is 0.330 e. The minimum absolute atomic E-state index is 0.257. The topological polar surface area (TPSA) is 92.8 Å². The fraction of sp³-hybridized carbons (Fsp3) is 0.333. The van der Waals surface area contributed by atoms with E-state index in [0.29, 0.717) is 12.1 Å². The van der Waals surface area contributed by atoms with Gasteiger partial charge in [-0.15, -0.1) is 0 Å². The molecule has 1 heterocycles. The zero-order valence-electron chi connectivity index (χ0n) is 23.1. The standard InChI is InChI=1S/C33H31BrN2O5/c1-4-18-15-19(34)13-14-24(18)35-25(37)16-41-33(40)30(17(2)3)36-31(38)28-26-20-9-5-6-10-21(20)27(29(28)32(36)39)23-12-8-7-11-22(23)26/h5-15,17,26-30H,4,16H2,1-3H3,(H,35,37)/t26?,27?,28-,29+,30-/m0/s1. The maximum atomic E-state index is 14.1. The summed E-state index contributed by atoms with van der Waals surface area (Å²) in [6.45, 7) is 5.02. The molecule has 3 amide bonds. The first-order valence-corrected chi connectivity index (χ1v) is 14.8. The summed E-state index contributed by atoms with van der Waals surface area (Å²) < 4.78 is 6.35. The molecular weight excluding hydrogens is 584 g/mol. The Labute approximate surface area is 247 Å². The number of halogens is 1. The van der Waals surface area contributed by atoms with Crippen molar-refractivity contribution >= 4 is 45.3 Å². The summed E-state index contributed by atoms with van der Waals surface area (Å²) in [5.41, 5.74) is 5.85. The summed E-state index contributed by atoms with van der Waals surface area (Å²) in [4.78, 5) is 55.5. The monoisotopic (exact) mass is 614 g/mol. The van der Waals surface area contributed by atoms with Crippen LogP contribution in [0.3, 0.4) is 0 Å². The van der Waals surface area contributed by atoms with E-state index >= 15 is 0 Å². The summed E-state index contributed by atoms with van der Waals surface area (Å²) in [5, 5.41) is 2.80. The first-order valence-electron chi connectivity index (χ1n) is 14.0. The molecule has 7 nitrogen and oxygen atoms in total. The van der Waals surface area contributed by atoms with Crippen LogP contribution in [0.15, 0.2) is 71.2 Å². The lowest BCUT2D eigenvalue weighted by molar-refractivity contribution is -0.162. The van der Waals surface area contributed by atoms with Crippen molar-refractivity contribution in [2.75, 3.05) is 11.9 Å². The SMILES string of the molecule is CCc1cc(Br)ccc1NC(=O)COC(=O)[C@H](C(C)C)N1C(=O)[C@@H]2C3c4ccccc4C(c4ccccc43)[C@@H]2C1=O. The number of ether oxygens (including phenoxy) is 1. The predicted molar refractivity (Wildman–Crippen MR) is 157 cm³/mol. The van der Waals surface area contributed by atoms with Crippen LogP contribution in [0.4, 0.5) is 5.69 Å². The third kappa shape index (κ3) is 4.40. The van der Waals surface area contributed by atoms with Gasteiger partial charge in [-0.1, -0.05) is 85.2 Å². The molecule has 1 aliphatic heterocycles. The van der Waals surface area contributed by atoms with E-state index in [0.717, 1.165) is 37.2 Å². The largest absolute Gasteiger partial charge is 0.454 e. The van der Waals surface area contributed by atoms with E-state index < -0.39 is 42.3 Å². The molecule has 3 aromatic carbocycles. The molecule has 0 saturated carbocycles. The van der Waals surface area contributed by atoms with E-state index in [-0.39, 0.29) is 23.7 Å². The Balaban J connectivity index is 1.25. The van der Waals surface area contributed by atoms with Crippen molar-refractivity contribution in [3.8, 4) is 0 Å². The molecule has 41 heavy (non-hydrogen) atoms. The molecule has 1 fully saturated rings. The van der Waals surface area contributed by atoms with Gasteiger partial charge in [-0.25, -0.2) is 4.79 Å². The van der Waals surface area contributed by atoms with Gasteiger partial charge in [-0.05, 0) is 58.4 Å². The number of nitrogens with zero attached hydrogens (tertiary/aromatic N) is 1. The second-order valence-corrected chi connectivity index (χ2v) is 12.2. The Morgan fingerprint density at radius 2 is 1.39 bits per heavy atom. The van der Waals surface area contributed by atoms with Gasteiger partial charge < -0.3 is 10.1 Å². The highest BCUT2D eigenvalue weighted by Gasteiger charge is 2.63. The van der Waals surface area contributed by atoms with E-state index in [9.17, 15) is 19.2 Å². The molecule has 1 saturated heterocycles. The average Bonchev–Trinajstić information content (AvgIpc) is 3.23. The maximum absolute atomic E-state index is 14.1. The zero-order chi connectivity index (χ0) is 29.0. The summed E-state index contributed by atoms with van der Waals surface area (Å²) in [6, 6.07) is 20.4. The number of anilines is 1. The molecule has 210 valence electrons. The third-order valence-corrected chi connectivity index (χ3v) is 9.19. The lowest BCUT2D eigenvalue weighted by atomic mass is 9.55. The van der Waals surface area contributed by atoms with Crippen molar-refractivity contribution in [2.24, 2.45) is 17.8 Å². The Morgan fingerprint density at radius 3 is 1.85 bits per heavy atom. The first-order chi connectivity index (χ1) is 19.7. The Kier molecular flexibility index (Phi) is 7.06. The van der Waals surface area contributed by atoms with Crippen molar-refractivity contribution in [3.05, 3.63) is 99.0 Å². The van der Waals surface area contributed by atoms with Crippen LogP contribution >= 0.6 is 15.9 Å². The van der Waals surface area contributed by atoms with Crippen molar-refractivity contribution in [2.45, 2.75) is 45.1 Å². The normalized spacial score (nSPS) is 22.7. The van der Waals surface area contributed by atoms with Crippen LogP contribution in [-0.4, -0.2) is 41.2 Å². The van der Waals surface area contributed by atoms with Crippen molar-refractivity contribution < 1.29 is 23.9 Å². The van der Waals surface area contributed by atoms with Gasteiger partial charge in [0, 0.05) is 22.0 Å². The number of hydrogen-bond donors (Lipinski definition) is 1. The van der Waals surface area contributed by atoms with E-state index in [1.807, 2.05) is 67.6 Å². The van der Waals surface area contributed by atoms with Gasteiger partial charge in [-0.3, -0.25) is 19.3 Å². The Morgan fingerprint density at radius 1 is 0.878 bits per heavy atom. The molecular formula is C33H31BrN2O5. The number of esters is 1. The summed E-state index contributed by atoms with van der Waals surface area (Å²) in [7, 11) is 0. The van der Waals surface area contributed by atoms with Gasteiger partial charge in [0.05, 0.1) is 11.8 Å². The Bertz CT molecular complexity index is 1470. The molecule has 2 bridgehead atoms. The second-order valence-electron chi connectivity index (χ2n) is 11.3. The van der Waals surface area contributed by atoms with Crippen LogP contribution in [0.5, 0.6) is 0 Å². The van der Waals surface area contributed by atoms with Crippen LogP contribution < -0.4 is 5.32 Å². The molecule has 0 radical (unpaired) electrons. The van der Waals surface area contributed by atoms with Gasteiger partial charge in [0.15, 0.2) is 6.61 Å². The molecule has 3 aliphatic carbocycles. The lowest BCUT2D eigenvalue weighted by Gasteiger charge is -2.45. The first kappa shape index (κ1) is 27.4. The fourth-order valence-corrected chi connectivity index (χ4v) is 7.44. The van der Waals surface area contributed by atoms with E-state index in [1.165, 1.54) is 0 Å². The van der Waals surface area contributed by atoms with Crippen LogP contribution in [-0.2, 0) is 30.3 Å². The summed E-state index contributed by atoms with van der Waals surface area (Å²) >= 11 is 3.43. The molecule has 8 heteroatoms. The molecule has 3 aromatic rings. The van der Waals surface area contributed by atoms with Crippen molar-refractivity contribution in [1.29, 1.82) is 0 Å². The second kappa shape index (κ2) is 10.6. The number of amides is 3. The number of rotatable bonds is 7. The van der Waals surface area contributed by atoms with E-state index in [1.54, 1.807) is 19.9 Å². The van der Waals surface area contributed by atoms with E-state index in [2.05, 4.69) is 21.2 Å². The molecule has 1 N–H and O–H groups in total. The maximum Gasteiger partial charge on any atom is 0.330 e. The molecule has 0 aromatic heterocycles. The van der Waals surface area contributed by atoms with Gasteiger partial charge >= 0.3 is 5.97 Å². The molecule has 4 aliphatic rings. The number of carbonyl (C=O) groups excluding carboxylic acids is 4. The van der Waals surface area contributed by atoms with Crippen molar-refractivity contribution in [1.82, 2.24) is 4.90 Å². The summed E-state index contributed by atoms with van der Waals surface area (Å²) in [5.74, 6) is -4.03. The minimum Gasteiger partial charge on any atom is -0.454 e. The van der Waals surface area contributed by atoms with Crippen LogP contribution in [0.2, 0.25) is 0 Å². The number of carbonyl (C=O) groups is 4. The minimum atomic E-state index is -1.13. The van der Waals surface area contributed by atoms with Gasteiger partial charge in [0.25, 0.3) is 5.91 Å². The summed E-state index contributed by atoms with van der Waals surface area (Å²) in [6.07, 6.45) is 0.710. The fourth-order valence-electron chi connectivity index (χ4n) is 7.04. The van der Waals surface area contributed by atoms with E-state index in [4.69, 9.17) is 4.74 Å². The van der Waals surface area contributed by atoms with Crippen molar-refractivity contribution in [3.63, 3.8) is 0 Å². The highest BCUT2D eigenvalue weighted by Crippen LogP contribution is 2.61.